The third-order valence-electron chi connectivity index (χ3n) is 4.63. The van der Waals surface area contributed by atoms with E-state index in [1.807, 2.05) is 5.01 Å². The number of carbonyl (C=O) groups excluding carboxylic acids is 1. The molecule has 0 atom stereocenters. The van der Waals surface area contributed by atoms with E-state index >= 15 is 0 Å². The van der Waals surface area contributed by atoms with E-state index in [1.54, 1.807) is 0 Å². The minimum Gasteiger partial charge on any atom is -0.392 e. The van der Waals surface area contributed by atoms with Crippen molar-refractivity contribution >= 4 is 23.1 Å². The average molecular weight is 298 g/mol. The summed E-state index contributed by atoms with van der Waals surface area (Å²) >= 11 is 5.24. The van der Waals surface area contributed by atoms with Gasteiger partial charge < -0.3 is 10.6 Å². The molecule has 0 aromatic heterocycles. The molecule has 1 aliphatic heterocycles. The van der Waals surface area contributed by atoms with E-state index in [4.69, 9.17) is 18.0 Å². The van der Waals surface area contributed by atoms with E-state index in [1.165, 1.54) is 12.8 Å². The number of hydrogen-bond donors (Lipinski definition) is 2. The summed E-state index contributed by atoms with van der Waals surface area (Å²) in [4.78, 5) is 15.4. The summed E-state index contributed by atoms with van der Waals surface area (Å²) in [6, 6.07) is 0. The Morgan fingerprint density at radius 3 is 2.15 bits per heavy atom. The molecule has 2 rings (SSSR count). The first kappa shape index (κ1) is 15.7. The molecule has 0 spiro atoms. The fraction of sp³-hybridized carbons (Fsp3) is 0.857. The summed E-state index contributed by atoms with van der Waals surface area (Å²) in [5.41, 5.74) is 8.37. The highest BCUT2D eigenvalue weighted by atomic mass is 32.1. The van der Waals surface area contributed by atoms with Crippen LogP contribution >= 0.6 is 12.2 Å². The highest BCUT2D eigenvalue weighted by Gasteiger charge is 2.42. The maximum atomic E-state index is 12.7. The number of likely N-dealkylation sites (N-methyl/N-ethyl adjacent to an activating group) is 1. The molecule has 0 aromatic carbocycles. The standard InChI is InChI=1S/C14H26N4OS/c1-17-8-10-18(11-9-17)16-13(19)14(12(15)20)6-4-2-3-5-7-14/h2-11H2,1H3,(H2,15,20)(H,16,19). The molecule has 1 aliphatic carbocycles. The highest BCUT2D eigenvalue weighted by molar-refractivity contribution is 7.80. The second kappa shape index (κ2) is 6.83. The average Bonchev–Trinajstić information content (AvgIpc) is 2.68. The fourth-order valence-electron chi connectivity index (χ4n) is 3.09. The fourth-order valence-corrected chi connectivity index (χ4v) is 3.38. The molecule has 20 heavy (non-hydrogen) atoms. The lowest BCUT2D eigenvalue weighted by atomic mass is 9.79. The number of amides is 1. The van der Waals surface area contributed by atoms with Crippen LogP contribution in [0.2, 0.25) is 0 Å². The van der Waals surface area contributed by atoms with Crippen molar-refractivity contribution in [3.8, 4) is 0 Å². The lowest BCUT2D eigenvalue weighted by Crippen LogP contribution is -2.58. The minimum absolute atomic E-state index is 0.0106. The maximum absolute atomic E-state index is 12.7. The van der Waals surface area contributed by atoms with Crippen molar-refractivity contribution in [2.75, 3.05) is 33.2 Å². The van der Waals surface area contributed by atoms with Crippen LogP contribution in [0.5, 0.6) is 0 Å². The third kappa shape index (κ3) is 3.48. The number of thiocarbonyl (C=S) groups is 1. The van der Waals surface area contributed by atoms with Gasteiger partial charge >= 0.3 is 0 Å². The lowest BCUT2D eigenvalue weighted by molar-refractivity contribution is -0.134. The van der Waals surface area contributed by atoms with Gasteiger partial charge in [0.1, 0.15) is 5.41 Å². The number of nitrogens with zero attached hydrogens (tertiary/aromatic N) is 2. The molecule has 5 nitrogen and oxygen atoms in total. The predicted octanol–water partition coefficient (Wildman–Crippen LogP) is 0.892. The van der Waals surface area contributed by atoms with Crippen LogP contribution in [0.25, 0.3) is 0 Å². The molecule has 2 fully saturated rings. The topological polar surface area (TPSA) is 61.6 Å². The van der Waals surface area contributed by atoms with E-state index < -0.39 is 5.41 Å². The van der Waals surface area contributed by atoms with E-state index in [9.17, 15) is 4.79 Å². The molecule has 0 unspecified atom stereocenters. The zero-order valence-corrected chi connectivity index (χ0v) is 13.2. The number of hydrogen-bond acceptors (Lipinski definition) is 4. The first-order valence-corrected chi connectivity index (χ1v) is 8.00. The molecular formula is C14H26N4OS. The van der Waals surface area contributed by atoms with E-state index in [0.717, 1.165) is 51.9 Å². The van der Waals surface area contributed by atoms with Crippen LogP contribution in [0.1, 0.15) is 38.5 Å². The van der Waals surface area contributed by atoms with Gasteiger partial charge in [0.15, 0.2) is 0 Å². The highest BCUT2D eigenvalue weighted by Crippen LogP contribution is 2.35. The summed E-state index contributed by atoms with van der Waals surface area (Å²) in [5.74, 6) is 0.0106. The van der Waals surface area contributed by atoms with Crippen LogP contribution in [0.3, 0.4) is 0 Å². The molecule has 1 saturated carbocycles. The zero-order valence-electron chi connectivity index (χ0n) is 12.4. The molecule has 0 radical (unpaired) electrons. The van der Waals surface area contributed by atoms with Gasteiger partial charge in [0.25, 0.3) is 0 Å². The predicted molar refractivity (Wildman–Crippen MR) is 84.1 cm³/mol. The van der Waals surface area contributed by atoms with Crippen molar-refractivity contribution in [3.05, 3.63) is 0 Å². The quantitative estimate of drug-likeness (QED) is 0.598. The second-order valence-corrected chi connectivity index (χ2v) is 6.53. The smallest absolute Gasteiger partial charge is 0.247 e. The molecule has 3 N–H and O–H groups in total. The van der Waals surface area contributed by atoms with Crippen molar-refractivity contribution < 1.29 is 4.79 Å². The van der Waals surface area contributed by atoms with Crippen LogP contribution in [-0.4, -0.2) is 54.0 Å². The zero-order chi connectivity index (χ0) is 14.6. The third-order valence-corrected chi connectivity index (χ3v) is 5.02. The van der Waals surface area contributed by atoms with Gasteiger partial charge in [-0.05, 0) is 19.9 Å². The molecule has 1 amide bonds. The summed E-state index contributed by atoms with van der Waals surface area (Å²) < 4.78 is 0. The SMILES string of the molecule is CN1CCN(NC(=O)C2(C(N)=S)CCCCCC2)CC1. The number of carbonyl (C=O) groups is 1. The van der Waals surface area contributed by atoms with Gasteiger partial charge in [-0.3, -0.25) is 10.2 Å². The summed E-state index contributed by atoms with van der Waals surface area (Å²) in [6.07, 6.45) is 6.00. The first-order chi connectivity index (χ1) is 9.54. The Kier molecular flexibility index (Phi) is 5.35. The molecule has 2 aliphatic rings. The van der Waals surface area contributed by atoms with Gasteiger partial charge in [0, 0.05) is 26.2 Å². The molecular weight excluding hydrogens is 272 g/mol. The summed E-state index contributed by atoms with van der Waals surface area (Å²) in [5, 5.41) is 2.01. The largest absolute Gasteiger partial charge is 0.392 e. The number of nitrogens with two attached hydrogens (primary N) is 1. The van der Waals surface area contributed by atoms with Gasteiger partial charge in [0.2, 0.25) is 5.91 Å². The van der Waals surface area contributed by atoms with Crippen LogP contribution in [-0.2, 0) is 4.79 Å². The van der Waals surface area contributed by atoms with Gasteiger partial charge in [-0.2, -0.15) is 0 Å². The monoisotopic (exact) mass is 298 g/mol. The van der Waals surface area contributed by atoms with Gasteiger partial charge in [-0.25, -0.2) is 5.01 Å². The molecule has 114 valence electrons. The minimum atomic E-state index is -0.630. The Bertz CT molecular complexity index is 358. The van der Waals surface area contributed by atoms with E-state index in [-0.39, 0.29) is 5.91 Å². The van der Waals surface area contributed by atoms with Crippen molar-refractivity contribution in [2.24, 2.45) is 11.1 Å². The van der Waals surface area contributed by atoms with Crippen molar-refractivity contribution in [1.29, 1.82) is 0 Å². The number of piperazine rings is 1. The molecule has 0 aromatic rings. The Hall–Kier alpha value is -0.720. The number of rotatable bonds is 3. The first-order valence-electron chi connectivity index (χ1n) is 7.59. The summed E-state index contributed by atoms with van der Waals surface area (Å²) in [6.45, 7) is 3.66. The van der Waals surface area contributed by atoms with Gasteiger partial charge in [-0.15, -0.1) is 0 Å². The second-order valence-electron chi connectivity index (χ2n) is 6.09. The van der Waals surface area contributed by atoms with E-state index in [0.29, 0.717) is 4.99 Å². The van der Waals surface area contributed by atoms with Crippen molar-refractivity contribution in [1.82, 2.24) is 15.3 Å². The van der Waals surface area contributed by atoms with Crippen LogP contribution < -0.4 is 11.2 Å². The Morgan fingerprint density at radius 2 is 1.65 bits per heavy atom. The lowest BCUT2D eigenvalue weighted by Gasteiger charge is -2.36. The van der Waals surface area contributed by atoms with Crippen LogP contribution in [0.15, 0.2) is 0 Å². The van der Waals surface area contributed by atoms with E-state index in [2.05, 4.69) is 17.4 Å². The van der Waals surface area contributed by atoms with Crippen molar-refractivity contribution in [3.63, 3.8) is 0 Å². The molecule has 6 heteroatoms. The van der Waals surface area contributed by atoms with Crippen molar-refractivity contribution in [2.45, 2.75) is 38.5 Å². The van der Waals surface area contributed by atoms with Gasteiger partial charge in [-0.1, -0.05) is 37.9 Å². The van der Waals surface area contributed by atoms with Crippen LogP contribution in [0, 0.1) is 5.41 Å². The van der Waals surface area contributed by atoms with Gasteiger partial charge in [0.05, 0.1) is 4.99 Å². The Morgan fingerprint density at radius 1 is 1.10 bits per heavy atom. The number of hydrazine groups is 1. The maximum Gasteiger partial charge on any atom is 0.247 e. The van der Waals surface area contributed by atoms with Crippen LogP contribution in [0.4, 0.5) is 0 Å². The Balaban J connectivity index is 2.01. The molecule has 1 saturated heterocycles. The summed E-state index contributed by atoms with van der Waals surface area (Å²) in [7, 11) is 2.10. The molecule has 1 heterocycles. The normalized spacial score (nSPS) is 24.9. The number of nitrogens with one attached hydrogen (secondary N) is 1. The Labute approximate surface area is 126 Å². The molecule has 0 bridgehead atoms.